The fraction of sp³-hybridized carbons (Fsp3) is 0.0612. The highest BCUT2D eigenvalue weighted by Crippen LogP contribution is 2.55. The first-order chi connectivity index (χ1) is 24.6. The van der Waals surface area contributed by atoms with Gasteiger partial charge in [0, 0.05) is 27.3 Å². The molecule has 1 heterocycles. The van der Waals surface area contributed by atoms with Gasteiger partial charge < -0.3 is 4.42 Å². The van der Waals surface area contributed by atoms with E-state index < -0.39 is 0 Å². The molecule has 50 heavy (non-hydrogen) atoms. The number of para-hydroxylation sites is 1. The Hall–Kier alpha value is -6.18. The molecule has 1 aromatic heterocycles. The topological polar surface area (TPSA) is 13.1 Å². The molecule has 0 unspecified atom stereocenters. The van der Waals surface area contributed by atoms with Crippen LogP contribution in [0.15, 0.2) is 174 Å². The zero-order valence-electron chi connectivity index (χ0n) is 28.1. The minimum atomic E-state index is -0.164. The molecule has 1 heteroatoms. The van der Waals surface area contributed by atoms with E-state index >= 15 is 0 Å². The zero-order valence-corrected chi connectivity index (χ0v) is 28.1. The average molecular weight is 639 g/mol. The summed E-state index contributed by atoms with van der Waals surface area (Å²) in [5, 5.41) is 4.72. The van der Waals surface area contributed by atoms with Crippen molar-refractivity contribution in [2.24, 2.45) is 0 Å². The highest BCUT2D eigenvalue weighted by atomic mass is 16.3. The van der Waals surface area contributed by atoms with Gasteiger partial charge in [-0.3, -0.25) is 0 Å². The van der Waals surface area contributed by atoms with Gasteiger partial charge in [0.1, 0.15) is 11.2 Å². The molecule has 0 spiro atoms. The Balaban J connectivity index is 1.35. The SMILES string of the molecule is CC1(C)c2ccccc2-c2cccc(-c3c4ccccc4c(-c4cc(-c5ccccc5)cc(-c5ccccc5)c4)c4oc5ccccc5c34)c21. The molecule has 1 aliphatic rings. The van der Waals surface area contributed by atoms with Crippen LogP contribution in [-0.2, 0) is 5.41 Å². The lowest BCUT2D eigenvalue weighted by Crippen LogP contribution is -2.16. The van der Waals surface area contributed by atoms with E-state index in [1.165, 1.54) is 71.8 Å². The second kappa shape index (κ2) is 10.9. The van der Waals surface area contributed by atoms with Crippen LogP contribution in [0.1, 0.15) is 25.0 Å². The summed E-state index contributed by atoms with van der Waals surface area (Å²) >= 11 is 0. The van der Waals surface area contributed by atoms with Crippen LogP contribution < -0.4 is 0 Å². The van der Waals surface area contributed by atoms with Gasteiger partial charge in [-0.25, -0.2) is 0 Å². The molecule has 0 bridgehead atoms. The summed E-state index contributed by atoms with van der Waals surface area (Å²) in [4.78, 5) is 0. The molecule has 1 nitrogen and oxygen atoms in total. The van der Waals surface area contributed by atoms with Crippen LogP contribution in [0.4, 0.5) is 0 Å². The summed E-state index contributed by atoms with van der Waals surface area (Å²) in [6, 6.07) is 61.7. The quantitative estimate of drug-likeness (QED) is 0.187. The lowest BCUT2D eigenvalue weighted by atomic mass is 9.77. The number of benzene rings is 8. The Morgan fingerprint density at radius 1 is 0.400 bits per heavy atom. The number of furan rings is 1. The molecule has 0 N–H and O–H groups in total. The van der Waals surface area contributed by atoms with Crippen molar-refractivity contribution in [3.63, 3.8) is 0 Å². The van der Waals surface area contributed by atoms with Crippen LogP contribution >= 0.6 is 0 Å². The molecule has 10 rings (SSSR count). The maximum Gasteiger partial charge on any atom is 0.144 e. The number of rotatable bonds is 4. The summed E-state index contributed by atoms with van der Waals surface area (Å²) < 4.78 is 7.03. The fourth-order valence-corrected chi connectivity index (χ4v) is 8.63. The van der Waals surface area contributed by atoms with Crippen LogP contribution in [0.25, 0.3) is 88.3 Å². The van der Waals surface area contributed by atoms with Gasteiger partial charge in [0.25, 0.3) is 0 Å². The van der Waals surface area contributed by atoms with E-state index in [0.29, 0.717) is 0 Å². The Kier molecular flexibility index (Phi) is 6.29. The van der Waals surface area contributed by atoms with Crippen molar-refractivity contribution in [3.8, 4) is 55.6 Å². The first-order valence-corrected chi connectivity index (χ1v) is 17.4. The molecule has 8 aromatic carbocycles. The van der Waals surface area contributed by atoms with E-state index in [9.17, 15) is 0 Å². The zero-order chi connectivity index (χ0) is 33.4. The molecule has 0 aliphatic heterocycles. The molecule has 9 aromatic rings. The first kappa shape index (κ1) is 28.8. The number of fused-ring (bicyclic) bond motifs is 7. The van der Waals surface area contributed by atoms with Gasteiger partial charge in [-0.15, -0.1) is 0 Å². The van der Waals surface area contributed by atoms with Crippen molar-refractivity contribution in [2.75, 3.05) is 0 Å². The molecule has 0 saturated carbocycles. The Bertz CT molecular complexity index is 2710. The molecule has 1 aliphatic carbocycles. The second-order valence-corrected chi connectivity index (χ2v) is 14.0. The Morgan fingerprint density at radius 2 is 0.920 bits per heavy atom. The van der Waals surface area contributed by atoms with E-state index in [2.05, 4.69) is 184 Å². The standard InChI is InChI=1S/C49H34O/c1-49(2)42-26-13-11-20-36(42)39-24-15-25-41(47(39)49)45-38-22-10-9-21-37(38)44(48-46(45)40-23-12-14-27-43(40)50-48)35-29-33(31-16-5-3-6-17-31)28-34(30-35)32-18-7-4-8-19-32/h3-30H,1-2H3. The summed E-state index contributed by atoms with van der Waals surface area (Å²) in [6.07, 6.45) is 0. The van der Waals surface area contributed by atoms with Gasteiger partial charge in [0.15, 0.2) is 0 Å². The monoisotopic (exact) mass is 638 g/mol. The Morgan fingerprint density at radius 3 is 1.62 bits per heavy atom. The van der Waals surface area contributed by atoms with Crippen molar-refractivity contribution in [2.45, 2.75) is 19.3 Å². The van der Waals surface area contributed by atoms with E-state index in [-0.39, 0.29) is 5.41 Å². The van der Waals surface area contributed by atoms with E-state index in [0.717, 1.165) is 27.7 Å². The summed E-state index contributed by atoms with van der Waals surface area (Å²) in [5.41, 5.74) is 16.6. The summed E-state index contributed by atoms with van der Waals surface area (Å²) in [6.45, 7) is 4.76. The average Bonchev–Trinajstić information content (AvgIpc) is 3.66. The van der Waals surface area contributed by atoms with Crippen LogP contribution in [0.3, 0.4) is 0 Å². The third-order valence-electron chi connectivity index (χ3n) is 10.8. The van der Waals surface area contributed by atoms with Gasteiger partial charge in [-0.2, -0.15) is 0 Å². The van der Waals surface area contributed by atoms with E-state index in [1.807, 2.05) is 0 Å². The van der Waals surface area contributed by atoms with Crippen molar-refractivity contribution < 1.29 is 4.42 Å². The molecular formula is C49H34O. The molecule has 0 atom stereocenters. The third kappa shape index (κ3) is 4.20. The van der Waals surface area contributed by atoms with E-state index in [1.54, 1.807) is 0 Å². The van der Waals surface area contributed by atoms with E-state index in [4.69, 9.17) is 4.42 Å². The summed E-state index contributed by atoms with van der Waals surface area (Å²) in [5.74, 6) is 0. The smallest absolute Gasteiger partial charge is 0.144 e. The normalized spacial score (nSPS) is 13.2. The minimum Gasteiger partial charge on any atom is -0.455 e. The fourth-order valence-electron chi connectivity index (χ4n) is 8.63. The third-order valence-corrected chi connectivity index (χ3v) is 10.8. The second-order valence-electron chi connectivity index (χ2n) is 14.0. The molecule has 0 fully saturated rings. The lowest BCUT2D eigenvalue weighted by molar-refractivity contribution is 0.662. The van der Waals surface area contributed by atoms with Crippen molar-refractivity contribution in [1.29, 1.82) is 0 Å². The van der Waals surface area contributed by atoms with Crippen LogP contribution in [-0.4, -0.2) is 0 Å². The Labute approximate surface area is 292 Å². The van der Waals surface area contributed by atoms with Gasteiger partial charge >= 0.3 is 0 Å². The molecular weight excluding hydrogens is 605 g/mol. The van der Waals surface area contributed by atoms with Gasteiger partial charge in [-0.1, -0.05) is 159 Å². The van der Waals surface area contributed by atoms with Crippen LogP contribution in [0.2, 0.25) is 0 Å². The molecule has 0 amide bonds. The lowest BCUT2D eigenvalue weighted by Gasteiger charge is -2.26. The van der Waals surface area contributed by atoms with Crippen molar-refractivity contribution in [1.82, 2.24) is 0 Å². The maximum absolute atomic E-state index is 7.03. The van der Waals surface area contributed by atoms with Gasteiger partial charge in [0.05, 0.1) is 0 Å². The summed E-state index contributed by atoms with van der Waals surface area (Å²) in [7, 11) is 0. The van der Waals surface area contributed by atoms with Crippen molar-refractivity contribution >= 4 is 32.7 Å². The molecule has 0 saturated heterocycles. The minimum absolute atomic E-state index is 0.164. The largest absolute Gasteiger partial charge is 0.455 e. The predicted octanol–water partition coefficient (Wildman–Crippen LogP) is 13.7. The van der Waals surface area contributed by atoms with Crippen LogP contribution in [0, 0.1) is 0 Å². The van der Waals surface area contributed by atoms with Gasteiger partial charge in [0.2, 0.25) is 0 Å². The molecule has 236 valence electrons. The number of hydrogen-bond donors (Lipinski definition) is 0. The highest BCUT2D eigenvalue weighted by molar-refractivity contribution is 6.27. The first-order valence-electron chi connectivity index (χ1n) is 17.4. The highest BCUT2D eigenvalue weighted by Gasteiger charge is 2.38. The molecule has 0 radical (unpaired) electrons. The van der Waals surface area contributed by atoms with Gasteiger partial charge in [-0.05, 0) is 90.7 Å². The maximum atomic E-state index is 7.03. The number of hydrogen-bond acceptors (Lipinski definition) is 1. The predicted molar refractivity (Wildman–Crippen MR) is 211 cm³/mol. The van der Waals surface area contributed by atoms with Crippen molar-refractivity contribution in [3.05, 3.63) is 181 Å². The van der Waals surface area contributed by atoms with Crippen LogP contribution in [0.5, 0.6) is 0 Å².